The van der Waals surface area contributed by atoms with Gasteiger partial charge in [-0.15, -0.1) is 10.2 Å². The van der Waals surface area contributed by atoms with Crippen LogP contribution in [-0.2, 0) is 6.42 Å². The molecule has 108 valence electrons. The second-order valence-electron chi connectivity index (χ2n) is 4.28. The minimum absolute atomic E-state index is 0.0835. The summed E-state index contributed by atoms with van der Waals surface area (Å²) in [5.41, 5.74) is 6.82. The van der Waals surface area contributed by atoms with Gasteiger partial charge in [0.1, 0.15) is 5.82 Å². The second-order valence-corrected chi connectivity index (χ2v) is 7.60. The Morgan fingerprint density at radius 3 is 2.70 bits per heavy atom. The molecule has 0 aliphatic carbocycles. The molecule has 0 aliphatic rings. The molecule has 1 heterocycles. The summed E-state index contributed by atoms with van der Waals surface area (Å²) in [6.07, 6.45) is 3.54. The maximum Gasteiger partial charge on any atom is 0.179 e. The highest BCUT2D eigenvalue weighted by Crippen LogP contribution is 2.34. The summed E-state index contributed by atoms with van der Waals surface area (Å²) >= 11 is 4.32. The number of halogens is 1. The fraction of sp³-hybridized carbons (Fsp3) is 0.385. The Labute approximate surface area is 130 Å². The summed E-state index contributed by atoms with van der Waals surface area (Å²) < 4.78 is 15.7. The molecule has 2 rings (SSSR count). The van der Waals surface area contributed by atoms with Crippen LogP contribution >= 0.6 is 34.9 Å². The molecule has 2 N–H and O–H groups in total. The van der Waals surface area contributed by atoms with E-state index in [0.29, 0.717) is 11.3 Å². The van der Waals surface area contributed by atoms with Gasteiger partial charge in [-0.25, -0.2) is 4.39 Å². The molecular formula is C13H16FN3S3. The molecule has 1 unspecified atom stereocenters. The summed E-state index contributed by atoms with van der Waals surface area (Å²) in [5.74, 6) is -0.225. The Morgan fingerprint density at radius 1 is 1.35 bits per heavy atom. The summed E-state index contributed by atoms with van der Waals surface area (Å²) in [5, 5.41) is 8.03. The van der Waals surface area contributed by atoms with E-state index in [-0.39, 0.29) is 11.9 Å². The molecule has 1 aromatic heterocycles. The van der Waals surface area contributed by atoms with Crippen LogP contribution in [0.1, 0.15) is 18.9 Å². The quantitative estimate of drug-likeness (QED) is 0.816. The fourth-order valence-electron chi connectivity index (χ4n) is 1.62. The molecule has 2 aromatic rings. The van der Waals surface area contributed by atoms with Crippen LogP contribution in [0.4, 0.5) is 4.39 Å². The molecule has 20 heavy (non-hydrogen) atoms. The van der Waals surface area contributed by atoms with Crippen LogP contribution in [0, 0.1) is 5.82 Å². The van der Waals surface area contributed by atoms with Gasteiger partial charge in [0, 0.05) is 6.04 Å². The smallest absolute Gasteiger partial charge is 0.179 e. The van der Waals surface area contributed by atoms with E-state index >= 15 is 0 Å². The highest BCUT2D eigenvalue weighted by atomic mass is 32.2. The van der Waals surface area contributed by atoms with E-state index in [1.165, 1.54) is 23.1 Å². The number of benzene rings is 1. The van der Waals surface area contributed by atoms with Gasteiger partial charge in [0.15, 0.2) is 8.68 Å². The van der Waals surface area contributed by atoms with Crippen molar-refractivity contribution in [3.8, 4) is 0 Å². The topological polar surface area (TPSA) is 51.8 Å². The van der Waals surface area contributed by atoms with Crippen LogP contribution < -0.4 is 5.73 Å². The van der Waals surface area contributed by atoms with Crippen LogP contribution in [0.25, 0.3) is 0 Å². The van der Waals surface area contributed by atoms with Crippen molar-refractivity contribution in [2.75, 3.05) is 6.26 Å². The summed E-state index contributed by atoms with van der Waals surface area (Å²) in [6.45, 7) is 2.03. The van der Waals surface area contributed by atoms with Crippen molar-refractivity contribution in [3.63, 3.8) is 0 Å². The molecule has 0 spiro atoms. The SMILES string of the molecule is CCC(N)Cc1ccc(Sc2nnc(SC)s2)c(F)c1. The highest BCUT2D eigenvalue weighted by molar-refractivity contribution is 8.03. The Kier molecular flexibility index (Phi) is 5.83. The molecule has 0 saturated carbocycles. The summed E-state index contributed by atoms with van der Waals surface area (Å²) in [7, 11) is 0. The van der Waals surface area contributed by atoms with Crippen LogP contribution in [0.5, 0.6) is 0 Å². The number of aromatic nitrogens is 2. The third-order valence-corrected chi connectivity index (χ3v) is 5.78. The van der Waals surface area contributed by atoms with Crippen molar-refractivity contribution in [1.29, 1.82) is 0 Å². The van der Waals surface area contributed by atoms with E-state index in [1.807, 2.05) is 19.2 Å². The third kappa shape index (κ3) is 4.18. The number of hydrogen-bond acceptors (Lipinski definition) is 6. The molecule has 0 bridgehead atoms. The first-order chi connectivity index (χ1) is 9.62. The lowest BCUT2D eigenvalue weighted by Crippen LogP contribution is -2.21. The van der Waals surface area contributed by atoms with Crippen LogP contribution in [-0.4, -0.2) is 22.5 Å². The first-order valence-corrected chi connectivity index (χ1v) is 9.07. The molecule has 1 aromatic carbocycles. The van der Waals surface area contributed by atoms with Gasteiger partial charge in [-0.2, -0.15) is 0 Å². The molecule has 3 nitrogen and oxygen atoms in total. The largest absolute Gasteiger partial charge is 0.327 e. The molecule has 1 atom stereocenters. The van der Waals surface area contributed by atoms with Gasteiger partial charge in [0.05, 0.1) is 4.90 Å². The van der Waals surface area contributed by atoms with Crippen LogP contribution in [0.15, 0.2) is 31.8 Å². The van der Waals surface area contributed by atoms with Crippen molar-refractivity contribution in [2.45, 2.75) is 39.4 Å². The van der Waals surface area contributed by atoms with E-state index in [2.05, 4.69) is 10.2 Å². The zero-order valence-corrected chi connectivity index (χ0v) is 13.7. The lowest BCUT2D eigenvalue weighted by molar-refractivity contribution is 0.593. The van der Waals surface area contributed by atoms with E-state index in [1.54, 1.807) is 23.9 Å². The van der Waals surface area contributed by atoms with Gasteiger partial charge < -0.3 is 5.73 Å². The van der Waals surface area contributed by atoms with E-state index in [4.69, 9.17) is 5.73 Å². The van der Waals surface area contributed by atoms with Gasteiger partial charge in [0.2, 0.25) is 0 Å². The van der Waals surface area contributed by atoms with E-state index in [0.717, 1.165) is 20.7 Å². The number of nitrogens with two attached hydrogens (primary N) is 1. The molecule has 0 saturated heterocycles. The number of rotatable bonds is 6. The average Bonchev–Trinajstić information content (AvgIpc) is 2.89. The predicted molar refractivity (Wildman–Crippen MR) is 84.2 cm³/mol. The number of thioether (sulfide) groups is 1. The van der Waals surface area contributed by atoms with Gasteiger partial charge in [-0.05, 0) is 36.8 Å². The van der Waals surface area contributed by atoms with Crippen LogP contribution in [0.2, 0.25) is 0 Å². The van der Waals surface area contributed by atoms with Crippen molar-refractivity contribution < 1.29 is 4.39 Å². The second kappa shape index (κ2) is 7.40. The maximum atomic E-state index is 14.1. The molecule has 0 aliphatic heterocycles. The molecule has 0 amide bonds. The highest BCUT2D eigenvalue weighted by Gasteiger charge is 2.11. The molecular weight excluding hydrogens is 313 g/mol. The molecule has 0 fully saturated rings. The zero-order valence-electron chi connectivity index (χ0n) is 11.3. The van der Waals surface area contributed by atoms with Gasteiger partial charge >= 0.3 is 0 Å². The Morgan fingerprint density at radius 2 is 2.10 bits per heavy atom. The first-order valence-electron chi connectivity index (χ1n) is 6.21. The Balaban J connectivity index is 2.09. The normalized spacial score (nSPS) is 12.6. The van der Waals surface area contributed by atoms with Gasteiger partial charge in [-0.3, -0.25) is 0 Å². The minimum atomic E-state index is -0.225. The number of hydrogen-bond donors (Lipinski definition) is 1. The number of nitrogens with zero attached hydrogens (tertiary/aromatic N) is 2. The lowest BCUT2D eigenvalue weighted by Gasteiger charge is -2.09. The van der Waals surface area contributed by atoms with Crippen molar-refractivity contribution in [1.82, 2.24) is 10.2 Å². The van der Waals surface area contributed by atoms with Crippen molar-refractivity contribution in [3.05, 3.63) is 29.6 Å². The molecule has 7 heteroatoms. The lowest BCUT2D eigenvalue weighted by atomic mass is 10.0. The average molecular weight is 329 g/mol. The third-order valence-electron chi connectivity index (χ3n) is 2.78. The van der Waals surface area contributed by atoms with Gasteiger partial charge in [-0.1, -0.05) is 47.9 Å². The first kappa shape index (κ1) is 15.8. The fourth-order valence-corrected chi connectivity index (χ4v) is 4.01. The van der Waals surface area contributed by atoms with Crippen molar-refractivity contribution in [2.24, 2.45) is 5.73 Å². The standard InChI is InChI=1S/C13H16FN3S3/c1-3-9(15)6-8-4-5-11(10(14)7-8)19-13-17-16-12(18-2)20-13/h4-5,7,9H,3,6,15H2,1-2H3. The monoisotopic (exact) mass is 329 g/mol. The van der Waals surface area contributed by atoms with Crippen molar-refractivity contribution >= 4 is 34.9 Å². The Hall–Kier alpha value is -0.630. The predicted octanol–water partition coefficient (Wildman–Crippen LogP) is 3.83. The minimum Gasteiger partial charge on any atom is -0.327 e. The van der Waals surface area contributed by atoms with Crippen LogP contribution in [0.3, 0.4) is 0 Å². The summed E-state index contributed by atoms with van der Waals surface area (Å²) in [6, 6.07) is 5.36. The Bertz CT molecular complexity index is 574. The van der Waals surface area contributed by atoms with E-state index < -0.39 is 0 Å². The zero-order chi connectivity index (χ0) is 14.5. The maximum absolute atomic E-state index is 14.1. The van der Waals surface area contributed by atoms with E-state index in [9.17, 15) is 4.39 Å². The molecule has 0 radical (unpaired) electrons. The van der Waals surface area contributed by atoms with Gasteiger partial charge in [0.25, 0.3) is 0 Å². The summed E-state index contributed by atoms with van der Waals surface area (Å²) in [4.78, 5) is 0.572.